The summed E-state index contributed by atoms with van der Waals surface area (Å²) in [6, 6.07) is 8.26. The van der Waals surface area contributed by atoms with Gasteiger partial charge in [0.25, 0.3) is 0 Å². The van der Waals surface area contributed by atoms with Crippen molar-refractivity contribution in [1.29, 1.82) is 0 Å². The van der Waals surface area contributed by atoms with Gasteiger partial charge >= 0.3 is 0 Å². The number of rotatable bonds is 4. The Morgan fingerprint density at radius 1 is 1.11 bits per heavy atom. The van der Waals surface area contributed by atoms with Gasteiger partial charge in [0, 0.05) is 17.7 Å². The van der Waals surface area contributed by atoms with E-state index in [1.807, 2.05) is 0 Å². The highest BCUT2D eigenvalue weighted by molar-refractivity contribution is 5.56. The van der Waals surface area contributed by atoms with Crippen molar-refractivity contribution < 1.29 is 18.3 Å². The van der Waals surface area contributed by atoms with Crippen LogP contribution in [0.15, 0.2) is 36.4 Å². The molecule has 100 valence electrons. The van der Waals surface area contributed by atoms with Crippen molar-refractivity contribution in [3.05, 3.63) is 53.6 Å². The second-order valence-electron chi connectivity index (χ2n) is 3.93. The van der Waals surface area contributed by atoms with E-state index in [0.717, 1.165) is 6.07 Å². The summed E-state index contributed by atoms with van der Waals surface area (Å²) >= 11 is 0. The number of benzene rings is 2. The number of halogens is 2. The summed E-state index contributed by atoms with van der Waals surface area (Å²) in [5.41, 5.74) is 6.42. The molecule has 0 atom stereocenters. The number of anilines is 1. The molecule has 19 heavy (non-hydrogen) atoms. The molecule has 0 aliphatic rings. The van der Waals surface area contributed by atoms with Gasteiger partial charge in [0.15, 0.2) is 0 Å². The summed E-state index contributed by atoms with van der Waals surface area (Å²) in [4.78, 5) is 0. The molecule has 2 aromatic rings. The maximum atomic E-state index is 13.4. The zero-order chi connectivity index (χ0) is 13.8. The highest BCUT2D eigenvalue weighted by Crippen LogP contribution is 2.27. The molecule has 0 bridgehead atoms. The summed E-state index contributed by atoms with van der Waals surface area (Å²) in [6.45, 7) is -0.0252. The van der Waals surface area contributed by atoms with Crippen molar-refractivity contribution in [2.24, 2.45) is 0 Å². The van der Waals surface area contributed by atoms with Gasteiger partial charge in [0.2, 0.25) is 0 Å². The number of hydrogen-bond acceptors (Lipinski definition) is 3. The Labute approximate surface area is 109 Å². The first kappa shape index (κ1) is 13.1. The molecule has 0 unspecified atom stereocenters. The molecule has 2 N–H and O–H groups in total. The molecule has 0 spiro atoms. The molecule has 3 nitrogen and oxygen atoms in total. The third kappa shape index (κ3) is 3.13. The van der Waals surface area contributed by atoms with Gasteiger partial charge in [0.1, 0.15) is 29.7 Å². The van der Waals surface area contributed by atoms with Crippen LogP contribution in [-0.2, 0) is 6.61 Å². The molecule has 5 heteroatoms. The molecule has 0 saturated carbocycles. The van der Waals surface area contributed by atoms with Crippen molar-refractivity contribution in [1.82, 2.24) is 0 Å². The zero-order valence-electron chi connectivity index (χ0n) is 10.3. The van der Waals surface area contributed by atoms with Crippen LogP contribution < -0.4 is 15.2 Å². The van der Waals surface area contributed by atoms with Gasteiger partial charge in [-0.25, -0.2) is 8.78 Å². The Balaban J connectivity index is 2.10. The molecule has 0 amide bonds. The standard InChI is InChI=1S/C14H13F2NO2/c1-18-11-4-5-14(13(17)7-11)19-8-9-2-3-10(15)6-12(9)16/h2-7H,8,17H2,1H3. The van der Waals surface area contributed by atoms with E-state index in [9.17, 15) is 8.78 Å². The van der Waals surface area contributed by atoms with Gasteiger partial charge in [-0.3, -0.25) is 0 Å². The minimum atomic E-state index is -0.646. The molecule has 0 heterocycles. The SMILES string of the molecule is COc1ccc(OCc2ccc(F)cc2F)c(N)c1. The maximum Gasteiger partial charge on any atom is 0.142 e. The smallest absolute Gasteiger partial charge is 0.142 e. The van der Waals surface area contributed by atoms with Gasteiger partial charge in [-0.15, -0.1) is 0 Å². The predicted octanol–water partition coefficient (Wildman–Crippen LogP) is 3.13. The Hall–Kier alpha value is -2.30. The highest BCUT2D eigenvalue weighted by atomic mass is 19.1. The molecule has 0 aliphatic carbocycles. The Morgan fingerprint density at radius 2 is 1.89 bits per heavy atom. The van der Waals surface area contributed by atoms with Crippen LogP contribution in [0.2, 0.25) is 0 Å². The third-order valence-corrected chi connectivity index (χ3v) is 2.62. The molecule has 0 radical (unpaired) electrons. The van der Waals surface area contributed by atoms with Crippen molar-refractivity contribution in [3.63, 3.8) is 0 Å². The zero-order valence-corrected chi connectivity index (χ0v) is 10.3. The molecule has 0 aliphatic heterocycles. The van der Waals surface area contributed by atoms with Gasteiger partial charge in [0.05, 0.1) is 12.8 Å². The monoisotopic (exact) mass is 265 g/mol. The van der Waals surface area contributed by atoms with Crippen LogP contribution in [0.1, 0.15) is 5.56 Å². The number of nitrogen functional groups attached to an aromatic ring is 1. The third-order valence-electron chi connectivity index (χ3n) is 2.62. The van der Waals surface area contributed by atoms with Gasteiger partial charge in [-0.05, 0) is 24.3 Å². The van der Waals surface area contributed by atoms with Crippen LogP contribution in [0.5, 0.6) is 11.5 Å². The normalized spacial score (nSPS) is 10.3. The maximum absolute atomic E-state index is 13.4. The van der Waals surface area contributed by atoms with Crippen molar-refractivity contribution in [2.75, 3.05) is 12.8 Å². The summed E-state index contributed by atoms with van der Waals surface area (Å²) in [5.74, 6) is -0.236. The molecule has 0 aromatic heterocycles. The molecule has 0 fully saturated rings. The van der Waals surface area contributed by atoms with E-state index in [1.54, 1.807) is 18.2 Å². The fourth-order valence-electron chi connectivity index (χ4n) is 1.58. The summed E-state index contributed by atoms with van der Waals surface area (Å²) in [5, 5.41) is 0. The van der Waals surface area contributed by atoms with Crippen molar-refractivity contribution in [3.8, 4) is 11.5 Å². The first-order valence-electron chi connectivity index (χ1n) is 5.60. The van der Waals surface area contributed by atoms with Crippen LogP contribution in [0.3, 0.4) is 0 Å². The van der Waals surface area contributed by atoms with Crippen molar-refractivity contribution >= 4 is 5.69 Å². The molecule has 0 saturated heterocycles. The second-order valence-corrected chi connectivity index (χ2v) is 3.93. The number of hydrogen-bond donors (Lipinski definition) is 1. The highest BCUT2D eigenvalue weighted by Gasteiger charge is 2.07. The first-order valence-corrected chi connectivity index (χ1v) is 5.60. The molecular weight excluding hydrogens is 252 g/mol. The summed E-state index contributed by atoms with van der Waals surface area (Å²) < 4.78 is 36.6. The van der Waals surface area contributed by atoms with Gasteiger partial charge in [-0.2, -0.15) is 0 Å². The Bertz CT molecular complexity index is 588. The van der Waals surface area contributed by atoms with E-state index in [-0.39, 0.29) is 12.2 Å². The minimum absolute atomic E-state index is 0.0252. The lowest BCUT2D eigenvalue weighted by atomic mass is 10.2. The van der Waals surface area contributed by atoms with Crippen LogP contribution in [0, 0.1) is 11.6 Å². The fourth-order valence-corrected chi connectivity index (χ4v) is 1.58. The molecule has 2 rings (SSSR count). The lowest BCUT2D eigenvalue weighted by Crippen LogP contribution is -2.01. The van der Waals surface area contributed by atoms with Crippen LogP contribution >= 0.6 is 0 Å². The summed E-state index contributed by atoms with van der Waals surface area (Å²) in [7, 11) is 1.53. The number of nitrogens with two attached hydrogens (primary N) is 1. The van der Waals surface area contributed by atoms with E-state index < -0.39 is 11.6 Å². The Kier molecular flexibility index (Phi) is 3.85. The van der Waals surface area contributed by atoms with E-state index >= 15 is 0 Å². The van der Waals surface area contributed by atoms with Gasteiger partial charge < -0.3 is 15.2 Å². The fraction of sp³-hybridized carbons (Fsp3) is 0.143. The van der Waals surface area contributed by atoms with E-state index in [2.05, 4.69) is 0 Å². The minimum Gasteiger partial charge on any atom is -0.497 e. The summed E-state index contributed by atoms with van der Waals surface area (Å²) in [6.07, 6.45) is 0. The van der Waals surface area contributed by atoms with E-state index in [0.29, 0.717) is 17.2 Å². The van der Waals surface area contributed by atoms with E-state index in [4.69, 9.17) is 15.2 Å². The topological polar surface area (TPSA) is 44.5 Å². The predicted molar refractivity (Wildman–Crippen MR) is 68.1 cm³/mol. The van der Waals surface area contributed by atoms with Crippen LogP contribution in [-0.4, -0.2) is 7.11 Å². The lowest BCUT2D eigenvalue weighted by molar-refractivity contribution is 0.300. The average molecular weight is 265 g/mol. The lowest BCUT2D eigenvalue weighted by Gasteiger charge is -2.10. The molecular formula is C14H13F2NO2. The first-order chi connectivity index (χ1) is 9.10. The second kappa shape index (κ2) is 5.56. The van der Waals surface area contributed by atoms with Crippen LogP contribution in [0.25, 0.3) is 0 Å². The quantitative estimate of drug-likeness (QED) is 0.864. The van der Waals surface area contributed by atoms with Crippen molar-refractivity contribution in [2.45, 2.75) is 6.61 Å². The largest absolute Gasteiger partial charge is 0.497 e. The van der Waals surface area contributed by atoms with E-state index in [1.165, 1.54) is 19.2 Å². The number of methoxy groups -OCH3 is 1. The number of ether oxygens (including phenoxy) is 2. The van der Waals surface area contributed by atoms with Crippen LogP contribution in [0.4, 0.5) is 14.5 Å². The molecule has 2 aromatic carbocycles. The van der Waals surface area contributed by atoms with Gasteiger partial charge in [-0.1, -0.05) is 0 Å². The average Bonchev–Trinajstić information content (AvgIpc) is 2.39. The Morgan fingerprint density at radius 3 is 2.53 bits per heavy atom.